The topological polar surface area (TPSA) is 56.7 Å². The number of hydrogen-bond donors (Lipinski definition) is 0. The summed E-state index contributed by atoms with van der Waals surface area (Å²) in [6, 6.07) is 76.2. The van der Waals surface area contributed by atoms with Crippen LogP contribution in [-0.2, 0) is 0 Å². The molecule has 0 atom stereocenters. The van der Waals surface area contributed by atoms with Crippen LogP contribution in [0.4, 0.5) is 0 Å². The van der Waals surface area contributed by atoms with Crippen molar-refractivity contribution in [1.82, 2.24) is 19.5 Å². The molecule has 0 amide bonds. The third-order valence-corrected chi connectivity index (χ3v) is 11.9. The van der Waals surface area contributed by atoms with Gasteiger partial charge in [0.2, 0.25) is 0 Å². The molecule has 3 heterocycles. The summed E-state index contributed by atoms with van der Waals surface area (Å²) in [6.45, 7) is 0. The first kappa shape index (κ1) is 35.5. The summed E-state index contributed by atoms with van der Waals surface area (Å²) in [4.78, 5) is 15.7. The minimum absolute atomic E-state index is 0.540. The highest BCUT2D eigenvalue weighted by Gasteiger charge is 2.22. The number of hydrogen-bond acceptors (Lipinski definition) is 4. The lowest BCUT2D eigenvalue weighted by Crippen LogP contribution is -2.00. The highest BCUT2D eigenvalue weighted by atomic mass is 16.3. The largest absolute Gasteiger partial charge is 0.453 e. The van der Waals surface area contributed by atoms with Crippen LogP contribution in [0.3, 0.4) is 0 Å². The van der Waals surface area contributed by atoms with Crippen molar-refractivity contribution >= 4 is 43.7 Å². The van der Waals surface area contributed by atoms with Crippen LogP contribution in [0.5, 0.6) is 0 Å². The zero-order valence-corrected chi connectivity index (χ0v) is 33.5. The lowest BCUT2D eigenvalue weighted by atomic mass is 10.0. The monoisotopic (exact) mass is 792 g/mol. The van der Waals surface area contributed by atoms with Gasteiger partial charge in [0, 0.05) is 38.4 Å². The maximum atomic E-state index is 7.16. The van der Waals surface area contributed by atoms with Gasteiger partial charge in [-0.2, -0.15) is 0 Å². The van der Waals surface area contributed by atoms with Crippen LogP contribution in [-0.4, -0.2) is 19.5 Å². The van der Waals surface area contributed by atoms with Gasteiger partial charge in [-0.15, -0.1) is 0 Å². The third kappa shape index (κ3) is 6.06. The molecule has 290 valence electrons. The fraction of sp³-hybridized carbons (Fsp3) is 0. The number of fused-ring (bicyclic) bond motifs is 7. The van der Waals surface area contributed by atoms with Gasteiger partial charge in [-0.05, 0) is 75.8 Å². The van der Waals surface area contributed by atoms with Gasteiger partial charge in [0.1, 0.15) is 5.58 Å². The van der Waals surface area contributed by atoms with E-state index in [0.29, 0.717) is 17.5 Å². The first-order valence-electron chi connectivity index (χ1n) is 20.8. The van der Waals surface area contributed by atoms with Crippen LogP contribution in [0.1, 0.15) is 0 Å². The molecule has 12 aromatic rings. The zero-order valence-electron chi connectivity index (χ0n) is 33.5. The average Bonchev–Trinajstić information content (AvgIpc) is 3.91. The Bertz CT molecular complexity index is 3510. The van der Waals surface area contributed by atoms with E-state index < -0.39 is 0 Å². The molecule has 0 N–H and O–H groups in total. The Morgan fingerprint density at radius 3 is 1.39 bits per heavy atom. The highest BCUT2D eigenvalue weighted by molar-refractivity contribution is 6.22. The first-order chi connectivity index (χ1) is 30.7. The summed E-state index contributed by atoms with van der Waals surface area (Å²) in [5, 5.41) is 4.32. The van der Waals surface area contributed by atoms with E-state index in [4.69, 9.17) is 19.4 Å². The van der Waals surface area contributed by atoms with Crippen LogP contribution in [0.2, 0.25) is 0 Å². The van der Waals surface area contributed by atoms with E-state index in [9.17, 15) is 0 Å². The van der Waals surface area contributed by atoms with Crippen molar-refractivity contribution in [3.63, 3.8) is 0 Å². The Morgan fingerprint density at radius 2 is 0.758 bits per heavy atom. The van der Waals surface area contributed by atoms with Crippen LogP contribution < -0.4 is 0 Å². The number of nitrogens with zero attached hydrogens (tertiary/aromatic N) is 4. The van der Waals surface area contributed by atoms with Crippen LogP contribution >= 0.6 is 0 Å². The standard InChI is InChI=1S/C57H36N4O/c1-4-15-37(16-5-1)40-29-31-45(32-30-40)61-51-28-11-10-25-46(51)47-33-34-49-48-26-14-27-50(53(48)62-54(49)52(47)61)57-59-55(43-23-12-21-41(35-43)38-17-6-2-7-18-38)58-56(60-57)44-24-13-22-42(36-44)39-19-8-3-9-20-39/h1-36H. The number of benzene rings is 9. The maximum Gasteiger partial charge on any atom is 0.167 e. The van der Waals surface area contributed by atoms with Gasteiger partial charge < -0.3 is 8.98 Å². The van der Waals surface area contributed by atoms with Crippen molar-refractivity contribution in [2.24, 2.45) is 0 Å². The molecular formula is C57H36N4O. The highest BCUT2D eigenvalue weighted by Crippen LogP contribution is 2.43. The number of furan rings is 1. The third-order valence-electron chi connectivity index (χ3n) is 11.9. The first-order valence-corrected chi connectivity index (χ1v) is 20.8. The van der Waals surface area contributed by atoms with Gasteiger partial charge in [-0.25, -0.2) is 15.0 Å². The van der Waals surface area contributed by atoms with Crippen molar-refractivity contribution < 1.29 is 4.42 Å². The van der Waals surface area contributed by atoms with Gasteiger partial charge in [0.25, 0.3) is 0 Å². The molecular weight excluding hydrogens is 757 g/mol. The van der Waals surface area contributed by atoms with E-state index in [-0.39, 0.29) is 0 Å². The minimum atomic E-state index is 0.540. The molecule has 0 aliphatic rings. The van der Waals surface area contributed by atoms with E-state index >= 15 is 0 Å². The molecule has 0 bridgehead atoms. The molecule has 5 nitrogen and oxygen atoms in total. The van der Waals surface area contributed by atoms with E-state index in [1.807, 2.05) is 18.2 Å². The Kier molecular flexibility index (Phi) is 8.42. The van der Waals surface area contributed by atoms with Crippen LogP contribution in [0.25, 0.3) is 117 Å². The van der Waals surface area contributed by atoms with E-state index in [1.165, 1.54) is 16.5 Å². The molecule has 5 heteroatoms. The summed E-state index contributed by atoms with van der Waals surface area (Å²) in [5.74, 6) is 1.71. The van der Waals surface area contributed by atoms with Crippen LogP contribution in [0, 0.1) is 0 Å². The molecule has 0 unspecified atom stereocenters. The van der Waals surface area contributed by atoms with Gasteiger partial charge in [-0.3, -0.25) is 0 Å². The smallest absolute Gasteiger partial charge is 0.167 e. The predicted molar refractivity (Wildman–Crippen MR) is 254 cm³/mol. The Labute approximate surface area is 357 Å². The summed E-state index contributed by atoms with van der Waals surface area (Å²) >= 11 is 0. The van der Waals surface area contributed by atoms with Crippen molar-refractivity contribution in [3.05, 3.63) is 218 Å². The second kappa shape index (κ2) is 14.7. The summed E-state index contributed by atoms with van der Waals surface area (Å²) in [6.07, 6.45) is 0. The quantitative estimate of drug-likeness (QED) is 0.161. The summed E-state index contributed by atoms with van der Waals surface area (Å²) < 4.78 is 9.50. The maximum absolute atomic E-state index is 7.16. The fourth-order valence-corrected chi connectivity index (χ4v) is 8.87. The molecule has 12 rings (SSSR count). The molecule has 0 saturated carbocycles. The Balaban J connectivity index is 1.07. The second-order valence-electron chi connectivity index (χ2n) is 15.6. The molecule has 0 saturated heterocycles. The Morgan fingerprint density at radius 1 is 0.306 bits per heavy atom. The van der Waals surface area contributed by atoms with Gasteiger partial charge >= 0.3 is 0 Å². The molecule has 0 aliphatic carbocycles. The molecule has 9 aromatic carbocycles. The number of aromatic nitrogens is 4. The lowest BCUT2D eigenvalue weighted by molar-refractivity contribution is 0.671. The molecule has 0 aliphatic heterocycles. The fourth-order valence-electron chi connectivity index (χ4n) is 8.87. The molecule has 0 spiro atoms. The van der Waals surface area contributed by atoms with Gasteiger partial charge in [0.15, 0.2) is 23.1 Å². The number of para-hydroxylation sites is 2. The predicted octanol–water partition coefficient (Wildman–Crippen LogP) is 14.9. The van der Waals surface area contributed by atoms with Crippen molar-refractivity contribution in [2.75, 3.05) is 0 Å². The van der Waals surface area contributed by atoms with E-state index in [0.717, 1.165) is 83.0 Å². The average molecular weight is 793 g/mol. The van der Waals surface area contributed by atoms with Gasteiger partial charge in [-0.1, -0.05) is 176 Å². The Hall–Kier alpha value is -8.41. The summed E-state index contributed by atoms with van der Waals surface area (Å²) in [5.41, 5.74) is 14.1. The van der Waals surface area contributed by atoms with Crippen LogP contribution in [0.15, 0.2) is 223 Å². The van der Waals surface area contributed by atoms with E-state index in [1.54, 1.807) is 0 Å². The lowest BCUT2D eigenvalue weighted by Gasteiger charge is -2.11. The van der Waals surface area contributed by atoms with Gasteiger partial charge in [0.05, 0.1) is 16.6 Å². The number of rotatable bonds is 7. The molecule has 3 aromatic heterocycles. The second-order valence-corrected chi connectivity index (χ2v) is 15.6. The van der Waals surface area contributed by atoms with Crippen molar-refractivity contribution in [1.29, 1.82) is 0 Å². The minimum Gasteiger partial charge on any atom is -0.453 e. The molecule has 0 radical (unpaired) electrons. The normalized spacial score (nSPS) is 11.5. The molecule has 0 fully saturated rings. The summed E-state index contributed by atoms with van der Waals surface area (Å²) in [7, 11) is 0. The SMILES string of the molecule is c1ccc(-c2ccc(-n3c4ccccc4c4ccc5c6cccc(-c7nc(-c8cccc(-c9ccccc9)c8)nc(-c8cccc(-c9ccccc9)c8)n7)c6oc5c43)cc2)cc1. The zero-order chi connectivity index (χ0) is 41.0. The molecule has 62 heavy (non-hydrogen) atoms. The van der Waals surface area contributed by atoms with E-state index in [2.05, 4.69) is 205 Å². The van der Waals surface area contributed by atoms with Crippen molar-refractivity contribution in [3.8, 4) is 73.2 Å². The van der Waals surface area contributed by atoms with Crippen molar-refractivity contribution in [2.45, 2.75) is 0 Å².